The Kier molecular flexibility index (Phi) is 1.86. The minimum Gasteiger partial charge on any atom is -0.339 e. The number of hydrogen-bond donors (Lipinski definition) is 1. The predicted octanol–water partition coefficient (Wildman–Crippen LogP) is 1.23. The first kappa shape index (κ1) is 8.33. The molecule has 13 heavy (non-hydrogen) atoms. The quantitative estimate of drug-likeness (QED) is 0.644. The second-order valence-electron chi connectivity index (χ2n) is 3.60. The first-order valence-electron chi connectivity index (χ1n) is 4.58. The van der Waals surface area contributed by atoms with Crippen LogP contribution in [0.3, 0.4) is 0 Å². The first-order chi connectivity index (χ1) is 6.24. The highest BCUT2D eigenvalue weighted by Crippen LogP contribution is 2.29. The second-order valence-corrected chi connectivity index (χ2v) is 3.60. The van der Waals surface area contributed by atoms with E-state index in [0.717, 1.165) is 25.0 Å². The third-order valence-electron chi connectivity index (χ3n) is 2.83. The monoisotopic (exact) mass is 175 g/mol. The predicted molar refractivity (Wildman–Crippen MR) is 50.0 cm³/mol. The average Bonchev–Trinajstić information content (AvgIpc) is 2.45. The van der Waals surface area contributed by atoms with Crippen LogP contribution in [-0.2, 0) is 13.5 Å². The maximum absolute atomic E-state index is 8.84. The molecule has 0 unspecified atom stereocenters. The van der Waals surface area contributed by atoms with E-state index in [0.29, 0.717) is 0 Å². The van der Waals surface area contributed by atoms with E-state index in [4.69, 9.17) is 11.0 Å². The lowest BCUT2D eigenvalue weighted by Crippen LogP contribution is -2.17. The summed E-state index contributed by atoms with van der Waals surface area (Å²) in [6.45, 7) is 0. The molecule has 2 rings (SSSR count). The number of fused-ring (bicyclic) bond motifs is 1. The van der Waals surface area contributed by atoms with Crippen molar-refractivity contribution >= 4 is 0 Å². The van der Waals surface area contributed by atoms with Crippen LogP contribution < -0.4 is 5.73 Å². The molecule has 68 valence electrons. The van der Waals surface area contributed by atoms with Gasteiger partial charge in [0.15, 0.2) is 0 Å². The van der Waals surface area contributed by atoms with Crippen molar-refractivity contribution in [2.45, 2.75) is 25.3 Å². The second kappa shape index (κ2) is 2.90. The first-order valence-corrected chi connectivity index (χ1v) is 4.58. The largest absolute Gasteiger partial charge is 0.339 e. The van der Waals surface area contributed by atoms with E-state index in [-0.39, 0.29) is 6.04 Å². The third-order valence-corrected chi connectivity index (χ3v) is 2.83. The minimum atomic E-state index is 0.136. The van der Waals surface area contributed by atoms with Gasteiger partial charge in [-0.25, -0.2) is 0 Å². The fourth-order valence-corrected chi connectivity index (χ4v) is 2.05. The van der Waals surface area contributed by atoms with E-state index in [1.807, 2.05) is 17.7 Å². The van der Waals surface area contributed by atoms with Crippen molar-refractivity contribution < 1.29 is 0 Å². The molecule has 0 fully saturated rings. The van der Waals surface area contributed by atoms with Crippen LogP contribution in [0.2, 0.25) is 0 Å². The summed E-state index contributed by atoms with van der Waals surface area (Å²) in [6, 6.07) is 4.25. The molecule has 0 aromatic carbocycles. The lowest BCUT2D eigenvalue weighted by Gasteiger charge is -2.19. The SMILES string of the molecule is Cn1c(C#N)cc2c1CCC[C@@H]2N. The molecule has 2 N–H and O–H groups in total. The van der Waals surface area contributed by atoms with Crippen molar-refractivity contribution in [1.82, 2.24) is 4.57 Å². The standard InChI is InChI=1S/C10H13N3/c1-13-7(6-11)5-8-9(12)3-2-4-10(8)13/h5,9H,2-4,12H2,1H3/t9-/m0/s1. The van der Waals surface area contributed by atoms with Gasteiger partial charge >= 0.3 is 0 Å². The van der Waals surface area contributed by atoms with E-state index in [2.05, 4.69) is 6.07 Å². The van der Waals surface area contributed by atoms with Gasteiger partial charge in [-0.15, -0.1) is 0 Å². The summed E-state index contributed by atoms with van der Waals surface area (Å²) in [7, 11) is 1.94. The molecule has 0 bridgehead atoms. The van der Waals surface area contributed by atoms with Crippen LogP contribution >= 0.6 is 0 Å². The Morgan fingerprint density at radius 1 is 1.69 bits per heavy atom. The Balaban J connectivity index is 2.56. The van der Waals surface area contributed by atoms with Crippen molar-refractivity contribution in [3.63, 3.8) is 0 Å². The lowest BCUT2D eigenvalue weighted by molar-refractivity contribution is 0.553. The van der Waals surface area contributed by atoms with Gasteiger partial charge in [0.05, 0.1) is 0 Å². The summed E-state index contributed by atoms with van der Waals surface area (Å²) in [6.07, 6.45) is 3.24. The molecule has 1 atom stereocenters. The molecule has 0 aliphatic heterocycles. The number of rotatable bonds is 0. The summed E-state index contributed by atoms with van der Waals surface area (Å²) in [5.74, 6) is 0. The van der Waals surface area contributed by atoms with E-state index >= 15 is 0 Å². The Morgan fingerprint density at radius 2 is 2.46 bits per heavy atom. The normalized spacial score (nSPS) is 20.8. The molecule has 1 aromatic heterocycles. The third kappa shape index (κ3) is 1.14. The molecule has 1 heterocycles. The van der Waals surface area contributed by atoms with Gasteiger partial charge in [0.1, 0.15) is 11.8 Å². The number of hydrogen-bond acceptors (Lipinski definition) is 2. The van der Waals surface area contributed by atoms with Crippen LogP contribution in [0.15, 0.2) is 6.07 Å². The van der Waals surface area contributed by atoms with Crippen LogP contribution in [0.5, 0.6) is 0 Å². The number of nitrogens with two attached hydrogens (primary N) is 1. The van der Waals surface area contributed by atoms with Crippen molar-refractivity contribution in [3.8, 4) is 6.07 Å². The highest BCUT2D eigenvalue weighted by atomic mass is 15.0. The van der Waals surface area contributed by atoms with E-state index < -0.39 is 0 Å². The smallest absolute Gasteiger partial charge is 0.120 e. The molecular formula is C10H13N3. The van der Waals surface area contributed by atoms with Gasteiger partial charge in [0.2, 0.25) is 0 Å². The van der Waals surface area contributed by atoms with Crippen molar-refractivity contribution in [2.24, 2.45) is 12.8 Å². The van der Waals surface area contributed by atoms with Gasteiger partial charge in [0.25, 0.3) is 0 Å². The van der Waals surface area contributed by atoms with Gasteiger partial charge in [-0.2, -0.15) is 5.26 Å². The minimum absolute atomic E-state index is 0.136. The lowest BCUT2D eigenvalue weighted by atomic mass is 9.93. The molecule has 0 saturated heterocycles. The van der Waals surface area contributed by atoms with Crippen LogP contribution in [0.25, 0.3) is 0 Å². The highest BCUT2D eigenvalue weighted by molar-refractivity contribution is 5.37. The molecule has 1 aromatic rings. The number of nitriles is 1. The van der Waals surface area contributed by atoms with Crippen LogP contribution in [0.1, 0.15) is 35.8 Å². The summed E-state index contributed by atoms with van der Waals surface area (Å²) in [5, 5.41) is 8.84. The maximum atomic E-state index is 8.84. The fraction of sp³-hybridized carbons (Fsp3) is 0.500. The van der Waals surface area contributed by atoms with Crippen LogP contribution in [-0.4, -0.2) is 4.57 Å². The molecule has 0 saturated carbocycles. The van der Waals surface area contributed by atoms with Gasteiger partial charge in [-0.05, 0) is 30.9 Å². The van der Waals surface area contributed by atoms with Crippen molar-refractivity contribution in [1.29, 1.82) is 5.26 Å². The van der Waals surface area contributed by atoms with Crippen LogP contribution in [0, 0.1) is 11.3 Å². The Labute approximate surface area is 77.8 Å². The number of aromatic nitrogens is 1. The molecule has 3 nitrogen and oxygen atoms in total. The topological polar surface area (TPSA) is 54.7 Å². The Hall–Kier alpha value is -1.27. The van der Waals surface area contributed by atoms with E-state index in [1.165, 1.54) is 11.3 Å². The maximum Gasteiger partial charge on any atom is 0.120 e. The Bertz CT molecular complexity index is 370. The zero-order valence-corrected chi connectivity index (χ0v) is 7.75. The highest BCUT2D eigenvalue weighted by Gasteiger charge is 2.21. The van der Waals surface area contributed by atoms with Gasteiger partial charge < -0.3 is 10.3 Å². The van der Waals surface area contributed by atoms with Crippen LogP contribution in [0.4, 0.5) is 0 Å². The molecular weight excluding hydrogens is 162 g/mol. The zero-order chi connectivity index (χ0) is 9.42. The van der Waals surface area contributed by atoms with Gasteiger partial charge in [0, 0.05) is 18.8 Å². The van der Waals surface area contributed by atoms with Crippen molar-refractivity contribution in [3.05, 3.63) is 23.0 Å². The Morgan fingerprint density at radius 3 is 3.08 bits per heavy atom. The average molecular weight is 175 g/mol. The summed E-state index contributed by atoms with van der Waals surface area (Å²) in [4.78, 5) is 0. The molecule has 3 heteroatoms. The fourth-order valence-electron chi connectivity index (χ4n) is 2.05. The summed E-state index contributed by atoms with van der Waals surface area (Å²) >= 11 is 0. The summed E-state index contributed by atoms with van der Waals surface area (Å²) in [5.41, 5.74) is 9.10. The molecule has 0 spiro atoms. The summed E-state index contributed by atoms with van der Waals surface area (Å²) < 4.78 is 1.97. The molecule has 0 radical (unpaired) electrons. The van der Waals surface area contributed by atoms with Gasteiger partial charge in [-0.3, -0.25) is 0 Å². The van der Waals surface area contributed by atoms with E-state index in [1.54, 1.807) is 0 Å². The van der Waals surface area contributed by atoms with Gasteiger partial charge in [-0.1, -0.05) is 0 Å². The zero-order valence-electron chi connectivity index (χ0n) is 7.75. The van der Waals surface area contributed by atoms with Crippen molar-refractivity contribution in [2.75, 3.05) is 0 Å². The molecule has 1 aliphatic carbocycles. The number of nitrogens with zero attached hydrogens (tertiary/aromatic N) is 2. The molecule has 0 amide bonds. The molecule has 1 aliphatic rings. The van der Waals surface area contributed by atoms with E-state index in [9.17, 15) is 0 Å².